The van der Waals surface area contributed by atoms with Crippen LogP contribution < -0.4 is 10.6 Å². The first-order chi connectivity index (χ1) is 9.57. The van der Waals surface area contributed by atoms with E-state index in [0.717, 1.165) is 32.8 Å². The Bertz CT molecular complexity index is 312. The van der Waals surface area contributed by atoms with Gasteiger partial charge in [0.05, 0.1) is 25.4 Å². The van der Waals surface area contributed by atoms with Crippen molar-refractivity contribution >= 4 is 5.96 Å². The number of aliphatic hydroxyl groups is 1. The smallest absolute Gasteiger partial charge is 0.191 e. The maximum absolute atomic E-state index is 10.4. The normalized spacial score (nSPS) is 20.2. The molecule has 1 aliphatic heterocycles. The van der Waals surface area contributed by atoms with Gasteiger partial charge in [0.25, 0.3) is 0 Å². The maximum atomic E-state index is 10.4. The first-order valence-electron chi connectivity index (χ1n) is 7.23. The predicted octanol–water partition coefficient (Wildman–Crippen LogP) is -0.189. The lowest BCUT2D eigenvalue weighted by molar-refractivity contribution is -0.0179. The van der Waals surface area contributed by atoms with Gasteiger partial charge in [0.15, 0.2) is 5.96 Å². The number of hydrogen-bond donors (Lipinski definition) is 3. The van der Waals surface area contributed by atoms with E-state index in [1.54, 1.807) is 6.08 Å². The first-order valence-corrected chi connectivity index (χ1v) is 7.23. The van der Waals surface area contributed by atoms with Crippen LogP contribution in [0.2, 0.25) is 0 Å². The van der Waals surface area contributed by atoms with Crippen LogP contribution in [-0.2, 0) is 4.74 Å². The minimum Gasteiger partial charge on any atom is -0.387 e. The molecule has 0 bridgehead atoms. The van der Waals surface area contributed by atoms with Crippen LogP contribution in [0, 0.1) is 0 Å². The van der Waals surface area contributed by atoms with E-state index in [9.17, 15) is 5.11 Å². The third-order valence-electron chi connectivity index (χ3n) is 3.00. The number of β-amino-alcohol motifs (C(OH)–C–C–N with tert-alkyl or cyclic N) is 1. The molecular formula is C14H28N4O2. The molecule has 1 atom stereocenters. The second-order valence-electron chi connectivity index (χ2n) is 5.25. The van der Waals surface area contributed by atoms with Crippen LogP contribution in [0.5, 0.6) is 0 Å². The second-order valence-corrected chi connectivity index (χ2v) is 5.25. The van der Waals surface area contributed by atoms with Crippen LogP contribution in [0.4, 0.5) is 0 Å². The van der Waals surface area contributed by atoms with E-state index < -0.39 is 5.60 Å². The molecule has 6 nitrogen and oxygen atoms in total. The quantitative estimate of drug-likeness (QED) is 0.343. The van der Waals surface area contributed by atoms with E-state index in [1.165, 1.54) is 0 Å². The summed E-state index contributed by atoms with van der Waals surface area (Å²) < 4.78 is 5.31. The molecule has 0 aromatic rings. The third-order valence-corrected chi connectivity index (χ3v) is 3.00. The second kappa shape index (κ2) is 8.94. The highest BCUT2D eigenvalue weighted by Gasteiger charge is 2.25. The van der Waals surface area contributed by atoms with Gasteiger partial charge < -0.3 is 20.5 Å². The lowest BCUT2D eigenvalue weighted by Crippen LogP contribution is -2.48. The summed E-state index contributed by atoms with van der Waals surface area (Å²) in [7, 11) is 0. The van der Waals surface area contributed by atoms with Crippen LogP contribution in [0.15, 0.2) is 17.6 Å². The molecule has 0 amide bonds. The zero-order chi connectivity index (χ0) is 14.8. The Hall–Kier alpha value is -1.11. The fourth-order valence-electron chi connectivity index (χ4n) is 2.05. The molecule has 1 fully saturated rings. The lowest BCUT2D eigenvalue weighted by Gasteiger charge is -2.33. The average molecular weight is 284 g/mol. The Labute approximate surface area is 121 Å². The van der Waals surface area contributed by atoms with Gasteiger partial charge >= 0.3 is 0 Å². The Balaban J connectivity index is 2.46. The number of ether oxygens (including phenoxy) is 1. The molecule has 20 heavy (non-hydrogen) atoms. The molecule has 0 saturated carbocycles. The minimum atomic E-state index is -0.839. The summed E-state index contributed by atoms with van der Waals surface area (Å²) in [6.07, 6.45) is 1.78. The van der Waals surface area contributed by atoms with E-state index in [1.807, 2.05) is 13.8 Å². The molecule has 0 spiro atoms. The van der Waals surface area contributed by atoms with Crippen LogP contribution in [0.3, 0.4) is 0 Å². The van der Waals surface area contributed by atoms with E-state index in [0.29, 0.717) is 25.6 Å². The Kier molecular flexibility index (Phi) is 7.58. The Morgan fingerprint density at radius 3 is 2.75 bits per heavy atom. The van der Waals surface area contributed by atoms with Gasteiger partial charge in [-0.05, 0) is 13.8 Å². The molecule has 1 rings (SSSR count). The Morgan fingerprint density at radius 2 is 2.15 bits per heavy atom. The highest BCUT2D eigenvalue weighted by molar-refractivity contribution is 5.79. The fourth-order valence-corrected chi connectivity index (χ4v) is 2.05. The van der Waals surface area contributed by atoms with Crippen molar-refractivity contribution in [3.05, 3.63) is 12.7 Å². The molecule has 1 aliphatic rings. The van der Waals surface area contributed by atoms with Crippen molar-refractivity contribution in [1.29, 1.82) is 0 Å². The number of rotatable bonds is 7. The van der Waals surface area contributed by atoms with Crippen molar-refractivity contribution in [2.24, 2.45) is 4.99 Å². The molecule has 3 N–H and O–H groups in total. The summed E-state index contributed by atoms with van der Waals surface area (Å²) in [6, 6.07) is 0. The number of guanidine groups is 1. The molecule has 0 radical (unpaired) electrons. The van der Waals surface area contributed by atoms with E-state index in [-0.39, 0.29) is 0 Å². The molecule has 1 heterocycles. The van der Waals surface area contributed by atoms with Gasteiger partial charge in [-0.1, -0.05) is 6.08 Å². The standard InChI is InChI=1S/C14H28N4O2/c1-4-6-16-13(15-5-2)17-11-14(3,19)12-18-7-9-20-10-8-18/h4,19H,1,5-12H2,2-3H3,(H2,15,16,17). The highest BCUT2D eigenvalue weighted by atomic mass is 16.5. The average Bonchev–Trinajstić information content (AvgIpc) is 2.42. The first kappa shape index (κ1) is 16.9. The fraction of sp³-hybridized carbons (Fsp3) is 0.786. The van der Waals surface area contributed by atoms with Gasteiger partial charge in [-0.25, -0.2) is 0 Å². The lowest BCUT2D eigenvalue weighted by atomic mass is 10.1. The van der Waals surface area contributed by atoms with Crippen molar-refractivity contribution in [1.82, 2.24) is 15.5 Å². The SMILES string of the molecule is C=CCNC(=NCC(C)(O)CN1CCOCC1)NCC. The largest absolute Gasteiger partial charge is 0.387 e. The number of nitrogens with one attached hydrogen (secondary N) is 2. The van der Waals surface area contributed by atoms with Crippen LogP contribution in [-0.4, -0.2) is 74.0 Å². The predicted molar refractivity (Wildman–Crippen MR) is 82.1 cm³/mol. The van der Waals surface area contributed by atoms with Crippen molar-refractivity contribution in [2.45, 2.75) is 19.4 Å². The topological polar surface area (TPSA) is 69.1 Å². The summed E-state index contributed by atoms with van der Waals surface area (Å²) >= 11 is 0. The third kappa shape index (κ3) is 6.88. The monoisotopic (exact) mass is 284 g/mol. The van der Waals surface area contributed by atoms with Gasteiger partial charge in [-0.2, -0.15) is 0 Å². The zero-order valence-corrected chi connectivity index (χ0v) is 12.7. The summed E-state index contributed by atoms with van der Waals surface area (Å²) in [5.41, 5.74) is -0.839. The van der Waals surface area contributed by atoms with Crippen molar-refractivity contribution in [3.8, 4) is 0 Å². The van der Waals surface area contributed by atoms with Gasteiger partial charge in [0.1, 0.15) is 0 Å². The number of morpholine rings is 1. The molecule has 1 saturated heterocycles. The van der Waals surface area contributed by atoms with Crippen LogP contribution in [0.1, 0.15) is 13.8 Å². The highest BCUT2D eigenvalue weighted by Crippen LogP contribution is 2.09. The minimum absolute atomic E-state index is 0.358. The summed E-state index contributed by atoms with van der Waals surface area (Å²) in [5.74, 6) is 0.703. The Morgan fingerprint density at radius 1 is 1.45 bits per heavy atom. The summed E-state index contributed by atoms with van der Waals surface area (Å²) in [4.78, 5) is 6.64. The number of nitrogens with zero attached hydrogens (tertiary/aromatic N) is 2. The van der Waals surface area contributed by atoms with Crippen LogP contribution >= 0.6 is 0 Å². The molecule has 6 heteroatoms. The van der Waals surface area contributed by atoms with Crippen molar-refractivity contribution < 1.29 is 9.84 Å². The zero-order valence-electron chi connectivity index (χ0n) is 12.7. The van der Waals surface area contributed by atoms with Gasteiger partial charge in [-0.15, -0.1) is 6.58 Å². The van der Waals surface area contributed by atoms with Crippen molar-refractivity contribution in [2.75, 3.05) is 52.5 Å². The molecule has 0 aromatic heterocycles. The van der Waals surface area contributed by atoms with Crippen molar-refractivity contribution in [3.63, 3.8) is 0 Å². The van der Waals surface area contributed by atoms with E-state index in [2.05, 4.69) is 27.1 Å². The van der Waals surface area contributed by atoms with Gasteiger partial charge in [0, 0.05) is 32.7 Å². The molecular weight excluding hydrogens is 256 g/mol. The van der Waals surface area contributed by atoms with Crippen LogP contribution in [0.25, 0.3) is 0 Å². The number of aliphatic imine (C=N–C) groups is 1. The maximum Gasteiger partial charge on any atom is 0.191 e. The van der Waals surface area contributed by atoms with Gasteiger partial charge in [-0.3, -0.25) is 9.89 Å². The summed E-state index contributed by atoms with van der Waals surface area (Å²) in [5, 5.41) is 16.7. The molecule has 116 valence electrons. The van der Waals surface area contributed by atoms with E-state index in [4.69, 9.17) is 4.74 Å². The summed E-state index contributed by atoms with van der Waals surface area (Å²) in [6.45, 7) is 13.1. The number of hydrogen-bond acceptors (Lipinski definition) is 4. The van der Waals surface area contributed by atoms with Gasteiger partial charge in [0.2, 0.25) is 0 Å². The van der Waals surface area contributed by atoms with E-state index >= 15 is 0 Å². The molecule has 1 unspecified atom stereocenters. The molecule has 0 aromatic carbocycles. The molecule has 0 aliphatic carbocycles.